The maximum Gasteiger partial charge on any atom is 0.0921 e. The third-order valence-electron chi connectivity index (χ3n) is 3.80. The molecule has 1 aliphatic rings. The zero-order valence-corrected chi connectivity index (χ0v) is 13.2. The summed E-state index contributed by atoms with van der Waals surface area (Å²) in [5, 5.41) is 3.17. The molecule has 0 fully saturated rings. The number of nitrogens with one attached hydrogen (secondary N) is 1. The molecule has 3 rings (SSSR count). The third-order valence-corrected chi connectivity index (χ3v) is 4.87. The van der Waals surface area contributed by atoms with Gasteiger partial charge in [0.15, 0.2) is 0 Å². The Morgan fingerprint density at radius 1 is 1.14 bits per heavy atom. The first-order chi connectivity index (χ1) is 10.4. The number of hydrogen-bond donors (Lipinski definition) is 1. The van der Waals surface area contributed by atoms with Gasteiger partial charge in [-0.05, 0) is 42.3 Å². The maximum absolute atomic E-state index is 5.96. The standard InChI is InChI=1S/C18H21NOS/c1-19-12-14-6-8-16(9-7-14)21-13-18-17-5-3-2-4-15(17)10-11-20-18/h2-9,18-19H,10-13H2,1H3. The lowest BCUT2D eigenvalue weighted by molar-refractivity contribution is 0.0588. The van der Waals surface area contributed by atoms with Crippen LogP contribution in [0.1, 0.15) is 22.8 Å². The largest absolute Gasteiger partial charge is 0.372 e. The quantitative estimate of drug-likeness (QED) is 0.848. The van der Waals surface area contributed by atoms with Gasteiger partial charge in [0.05, 0.1) is 12.7 Å². The van der Waals surface area contributed by atoms with Gasteiger partial charge in [0.2, 0.25) is 0 Å². The van der Waals surface area contributed by atoms with Crippen molar-refractivity contribution in [2.45, 2.75) is 24.0 Å². The van der Waals surface area contributed by atoms with E-state index in [2.05, 4.69) is 53.8 Å². The van der Waals surface area contributed by atoms with Crippen molar-refractivity contribution in [3.8, 4) is 0 Å². The molecule has 1 aliphatic heterocycles. The Kier molecular flexibility index (Phi) is 4.96. The monoisotopic (exact) mass is 299 g/mol. The molecule has 0 amide bonds. The predicted molar refractivity (Wildman–Crippen MR) is 88.8 cm³/mol. The SMILES string of the molecule is CNCc1ccc(SCC2OCCc3ccccc32)cc1. The summed E-state index contributed by atoms with van der Waals surface area (Å²) >= 11 is 1.87. The van der Waals surface area contributed by atoms with E-state index in [0.717, 1.165) is 25.3 Å². The molecule has 2 aromatic rings. The van der Waals surface area contributed by atoms with Gasteiger partial charge in [0.25, 0.3) is 0 Å². The molecule has 21 heavy (non-hydrogen) atoms. The van der Waals surface area contributed by atoms with Crippen LogP contribution in [-0.4, -0.2) is 19.4 Å². The zero-order chi connectivity index (χ0) is 14.5. The van der Waals surface area contributed by atoms with Gasteiger partial charge in [0, 0.05) is 17.2 Å². The van der Waals surface area contributed by atoms with Crippen molar-refractivity contribution in [2.24, 2.45) is 0 Å². The van der Waals surface area contributed by atoms with E-state index >= 15 is 0 Å². The minimum absolute atomic E-state index is 0.219. The molecular formula is C18H21NOS. The smallest absolute Gasteiger partial charge is 0.0921 e. The molecule has 1 N–H and O–H groups in total. The highest BCUT2D eigenvalue weighted by Gasteiger charge is 2.20. The van der Waals surface area contributed by atoms with E-state index in [1.807, 2.05) is 18.8 Å². The minimum Gasteiger partial charge on any atom is -0.372 e. The van der Waals surface area contributed by atoms with Crippen molar-refractivity contribution in [1.29, 1.82) is 0 Å². The Morgan fingerprint density at radius 3 is 2.76 bits per heavy atom. The van der Waals surface area contributed by atoms with Crippen LogP contribution < -0.4 is 5.32 Å². The molecule has 0 aliphatic carbocycles. The van der Waals surface area contributed by atoms with Crippen LogP contribution in [0.2, 0.25) is 0 Å². The second-order valence-corrected chi connectivity index (χ2v) is 6.39. The van der Waals surface area contributed by atoms with Crippen molar-refractivity contribution in [3.05, 3.63) is 65.2 Å². The number of fused-ring (bicyclic) bond motifs is 1. The number of rotatable bonds is 5. The van der Waals surface area contributed by atoms with Crippen LogP contribution in [0.15, 0.2) is 53.4 Å². The fourth-order valence-corrected chi connectivity index (χ4v) is 3.64. The Labute approximate surface area is 130 Å². The van der Waals surface area contributed by atoms with E-state index < -0.39 is 0 Å². The van der Waals surface area contributed by atoms with Crippen LogP contribution in [0.5, 0.6) is 0 Å². The lowest BCUT2D eigenvalue weighted by Crippen LogP contribution is -2.17. The van der Waals surface area contributed by atoms with E-state index in [1.54, 1.807) is 0 Å². The van der Waals surface area contributed by atoms with Crippen LogP contribution in [0.4, 0.5) is 0 Å². The average Bonchev–Trinajstić information content (AvgIpc) is 2.54. The highest BCUT2D eigenvalue weighted by atomic mass is 32.2. The molecule has 0 saturated heterocycles. The van der Waals surface area contributed by atoms with Gasteiger partial charge in [-0.15, -0.1) is 11.8 Å². The number of ether oxygens (including phenoxy) is 1. The number of benzene rings is 2. The second-order valence-electron chi connectivity index (χ2n) is 5.29. The molecule has 0 radical (unpaired) electrons. The predicted octanol–water partition coefficient (Wildman–Crippen LogP) is 3.81. The first-order valence-electron chi connectivity index (χ1n) is 7.42. The van der Waals surface area contributed by atoms with Gasteiger partial charge in [-0.3, -0.25) is 0 Å². The van der Waals surface area contributed by atoms with Crippen molar-refractivity contribution in [1.82, 2.24) is 5.32 Å². The molecule has 0 spiro atoms. The average molecular weight is 299 g/mol. The molecule has 2 aromatic carbocycles. The molecule has 0 saturated carbocycles. The first-order valence-corrected chi connectivity index (χ1v) is 8.41. The van der Waals surface area contributed by atoms with Gasteiger partial charge in [-0.2, -0.15) is 0 Å². The number of thioether (sulfide) groups is 1. The van der Waals surface area contributed by atoms with E-state index in [4.69, 9.17) is 4.74 Å². The third kappa shape index (κ3) is 3.67. The van der Waals surface area contributed by atoms with Crippen molar-refractivity contribution >= 4 is 11.8 Å². The topological polar surface area (TPSA) is 21.3 Å². The Morgan fingerprint density at radius 2 is 1.95 bits per heavy atom. The summed E-state index contributed by atoms with van der Waals surface area (Å²) in [6.45, 7) is 1.76. The summed E-state index contributed by atoms with van der Waals surface area (Å²) in [6, 6.07) is 17.4. The van der Waals surface area contributed by atoms with Crippen molar-refractivity contribution < 1.29 is 4.74 Å². The van der Waals surface area contributed by atoms with Crippen LogP contribution in [0.3, 0.4) is 0 Å². The van der Waals surface area contributed by atoms with Gasteiger partial charge < -0.3 is 10.1 Å². The van der Waals surface area contributed by atoms with Crippen LogP contribution in [0.25, 0.3) is 0 Å². The Balaban J connectivity index is 1.63. The minimum atomic E-state index is 0.219. The van der Waals surface area contributed by atoms with Gasteiger partial charge in [-0.25, -0.2) is 0 Å². The lowest BCUT2D eigenvalue weighted by Gasteiger charge is -2.25. The summed E-state index contributed by atoms with van der Waals surface area (Å²) in [5.41, 5.74) is 4.13. The van der Waals surface area contributed by atoms with Crippen molar-refractivity contribution in [3.63, 3.8) is 0 Å². The Hall–Kier alpha value is -1.29. The van der Waals surface area contributed by atoms with Crippen LogP contribution in [0, 0.1) is 0 Å². The van der Waals surface area contributed by atoms with E-state index in [1.165, 1.54) is 21.6 Å². The first kappa shape index (κ1) is 14.6. The number of hydrogen-bond acceptors (Lipinski definition) is 3. The second kappa shape index (κ2) is 7.12. The van der Waals surface area contributed by atoms with Gasteiger partial charge in [0.1, 0.15) is 0 Å². The van der Waals surface area contributed by atoms with E-state index in [0.29, 0.717) is 0 Å². The normalized spacial score (nSPS) is 17.5. The van der Waals surface area contributed by atoms with E-state index in [9.17, 15) is 0 Å². The molecule has 0 bridgehead atoms. The molecule has 1 heterocycles. The van der Waals surface area contributed by atoms with Crippen LogP contribution >= 0.6 is 11.8 Å². The summed E-state index contributed by atoms with van der Waals surface area (Å²) in [6.07, 6.45) is 1.26. The fourth-order valence-electron chi connectivity index (χ4n) is 2.69. The molecule has 1 atom stereocenters. The van der Waals surface area contributed by atoms with E-state index in [-0.39, 0.29) is 6.10 Å². The zero-order valence-electron chi connectivity index (χ0n) is 12.3. The summed E-state index contributed by atoms with van der Waals surface area (Å²) in [4.78, 5) is 1.31. The molecule has 3 heteroatoms. The van der Waals surface area contributed by atoms with Gasteiger partial charge in [-0.1, -0.05) is 36.4 Å². The summed E-state index contributed by atoms with van der Waals surface area (Å²) in [7, 11) is 1.97. The summed E-state index contributed by atoms with van der Waals surface area (Å²) in [5.74, 6) is 0.975. The maximum atomic E-state index is 5.96. The fraction of sp³-hybridized carbons (Fsp3) is 0.333. The van der Waals surface area contributed by atoms with Crippen LogP contribution in [-0.2, 0) is 17.7 Å². The van der Waals surface area contributed by atoms with Gasteiger partial charge >= 0.3 is 0 Å². The summed E-state index contributed by atoms with van der Waals surface area (Å²) < 4.78 is 5.96. The molecule has 110 valence electrons. The molecular weight excluding hydrogens is 278 g/mol. The highest BCUT2D eigenvalue weighted by Crippen LogP contribution is 2.32. The molecule has 1 unspecified atom stereocenters. The molecule has 2 nitrogen and oxygen atoms in total. The lowest BCUT2D eigenvalue weighted by atomic mass is 9.99. The molecule has 0 aromatic heterocycles. The highest BCUT2D eigenvalue weighted by molar-refractivity contribution is 7.99. The Bertz CT molecular complexity index is 582. The van der Waals surface area contributed by atoms with Crippen molar-refractivity contribution in [2.75, 3.05) is 19.4 Å².